The molecule has 6 heteroatoms. The zero-order valence-corrected chi connectivity index (χ0v) is 11.7. The first kappa shape index (κ1) is 14.2. The number of pyridine rings is 1. The van der Waals surface area contributed by atoms with E-state index in [1.165, 1.54) is 18.3 Å². The maximum Gasteiger partial charge on any atom is 0.338 e. The fourth-order valence-electron chi connectivity index (χ4n) is 1.85. The molecular formula is C14H14N2O3S. The van der Waals surface area contributed by atoms with Crippen molar-refractivity contribution >= 4 is 23.2 Å². The molecule has 2 aromatic heterocycles. The summed E-state index contributed by atoms with van der Waals surface area (Å²) < 4.78 is 0. The lowest BCUT2D eigenvalue weighted by atomic mass is 10.1. The van der Waals surface area contributed by atoms with E-state index in [2.05, 4.69) is 10.3 Å². The number of hydrogen-bond acceptors (Lipinski definition) is 4. The lowest BCUT2D eigenvalue weighted by molar-refractivity contribution is 0.0689. The van der Waals surface area contributed by atoms with Crippen LogP contribution in [0.2, 0.25) is 0 Å². The number of hydrogen-bond donors (Lipinski definition) is 2. The predicted octanol–water partition coefficient (Wildman–Crippen LogP) is 2.72. The summed E-state index contributed by atoms with van der Waals surface area (Å²) in [6, 6.07) is 6.59. The van der Waals surface area contributed by atoms with Crippen LogP contribution >= 0.6 is 11.3 Å². The van der Waals surface area contributed by atoms with Gasteiger partial charge in [-0.05, 0) is 30.0 Å². The fourth-order valence-corrected chi connectivity index (χ4v) is 2.71. The van der Waals surface area contributed by atoms with Crippen LogP contribution in [0.1, 0.15) is 45.1 Å². The molecular weight excluding hydrogens is 276 g/mol. The number of nitrogens with one attached hydrogen (secondary N) is 1. The van der Waals surface area contributed by atoms with Crippen LogP contribution in [0.5, 0.6) is 0 Å². The molecule has 0 radical (unpaired) electrons. The Kier molecular flexibility index (Phi) is 4.47. The molecule has 2 heterocycles. The third-order valence-corrected chi connectivity index (χ3v) is 3.84. The molecule has 0 aliphatic rings. The maximum atomic E-state index is 12.2. The van der Waals surface area contributed by atoms with Crippen LogP contribution in [0.4, 0.5) is 0 Å². The number of aromatic nitrogens is 1. The highest BCUT2D eigenvalue weighted by Gasteiger charge is 2.20. The van der Waals surface area contributed by atoms with Crippen molar-refractivity contribution in [1.82, 2.24) is 10.3 Å². The zero-order chi connectivity index (χ0) is 14.5. The van der Waals surface area contributed by atoms with Gasteiger partial charge >= 0.3 is 5.97 Å². The van der Waals surface area contributed by atoms with Gasteiger partial charge in [-0.1, -0.05) is 13.0 Å². The summed E-state index contributed by atoms with van der Waals surface area (Å²) in [5.41, 5.74) is -0.152. The van der Waals surface area contributed by atoms with Crippen LogP contribution in [0.25, 0.3) is 0 Å². The molecule has 0 aliphatic carbocycles. The quantitative estimate of drug-likeness (QED) is 0.887. The molecule has 0 saturated carbocycles. The van der Waals surface area contributed by atoms with Crippen LogP contribution in [0.15, 0.2) is 35.8 Å². The van der Waals surface area contributed by atoms with Gasteiger partial charge in [0.15, 0.2) is 0 Å². The zero-order valence-electron chi connectivity index (χ0n) is 10.9. The van der Waals surface area contributed by atoms with E-state index in [-0.39, 0.29) is 17.3 Å². The fraction of sp³-hybridized carbons (Fsp3) is 0.214. The molecule has 104 valence electrons. The van der Waals surface area contributed by atoms with Gasteiger partial charge in [-0.3, -0.25) is 9.78 Å². The Bertz CT molecular complexity index is 611. The monoisotopic (exact) mass is 290 g/mol. The van der Waals surface area contributed by atoms with E-state index in [0.717, 1.165) is 11.3 Å². The minimum atomic E-state index is -1.16. The summed E-state index contributed by atoms with van der Waals surface area (Å²) in [5.74, 6) is -1.63. The molecule has 0 aromatic carbocycles. The van der Waals surface area contributed by atoms with Gasteiger partial charge in [0.2, 0.25) is 0 Å². The van der Waals surface area contributed by atoms with Crippen LogP contribution in [0, 0.1) is 0 Å². The van der Waals surface area contributed by atoms with Gasteiger partial charge in [0.1, 0.15) is 5.69 Å². The smallest absolute Gasteiger partial charge is 0.338 e. The van der Waals surface area contributed by atoms with Crippen molar-refractivity contribution in [2.24, 2.45) is 0 Å². The SMILES string of the molecule is CCC(NC(=O)c1ncccc1C(=O)O)c1cccs1. The van der Waals surface area contributed by atoms with Gasteiger partial charge in [-0.15, -0.1) is 11.3 Å². The van der Waals surface area contributed by atoms with E-state index < -0.39 is 11.9 Å². The normalized spacial score (nSPS) is 11.8. The van der Waals surface area contributed by atoms with E-state index in [4.69, 9.17) is 5.11 Å². The Morgan fingerprint density at radius 1 is 1.40 bits per heavy atom. The molecule has 1 atom stereocenters. The van der Waals surface area contributed by atoms with Gasteiger partial charge < -0.3 is 10.4 Å². The van der Waals surface area contributed by atoms with E-state index in [1.807, 2.05) is 24.4 Å². The number of thiophene rings is 1. The van der Waals surface area contributed by atoms with Crippen LogP contribution in [-0.4, -0.2) is 22.0 Å². The number of amides is 1. The maximum absolute atomic E-state index is 12.2. The minimum Gasteiger partial charge on any atom is -0.478 e. The molecule has 0 spiro atoms. The molecule has 2 N–H and O–H groups in total. The number of nitrogens with zero attached hydrogens (tertiary/aromatic N) is 1. The van der Waals surface area contributed by atoms with Crippen molar-refractivity contribution in [3.8, 4) is 0 Å². The van der Waals surface area contributed by atoms with Crippen LogP contribution in [-0.2, 0) is 0 Å². The number of aromatic carboxylic acids is 1. The Morgan fingerprint density at radius 2 is 2.20 bits per heavy atom. The summed E-state index contributed by atoms with van der Waals surface area (Å²) >= 11 is 1.55. The van der Waals surface area contributed by atoms with E-state index in [0.29, 0.717) is 0 Å². The lowest BCUT2D eigenvalue weighted by Crippen LogP contribution is -2.29. The van der Waals surface area contributed by atoms with E-state index in [9.17, 15) is 9.59 Å². The second-order valence-corrected chi connectivity index (χ2v) is 5.13. The Labute approximate surface area is 120 Å². The van der Waals surface area contributed by atoms with Crippen molar-refractivity contribution in [2.75, 3.05) is 0 Å². The molecule has 0 bridgehead atoms. The summed E-state index contributed by atoms with van der Waals surface area (Å²) in [5, 5.41) is 13.8. The molecule has 0 aliphatic heterocycles. The summed E-state index contributed by atoms with van der Waals surface area (Å²) in [7, 11) is 0. The molecule has 5 nitrogen and oxygen atoms in total. The minimum absolute atomic E-state index is 0.0602. The summed E-state index contributed by atoms with van der Waals surface area (Å²) in [4.78, 5) is 28.2. The van der Waals surface area contributed by atoms with Crippen LogP contribution in [0.3, 0.4) is 0 Å². The van der Waals surface area contributed by atoms with Gasteiger partial charge in [-0.2, -0.15) is 0 Å². The first-order chi connectivity index (χ1) is 9.63. The molecule has 1 unspecified atom stereocenters. The van der Waals surface area contributed by atoms with Crippen molar-refractivity contribution in [3.05, 3.63) is 52.0 Å². The third kappa shape index (κ3) is 3.03. The third-order valence-electron chi connectivity index (χ3n) is 2.85. The molecule has 20 heavy (non-hydrogen) atoms. The van der Waals surface area contributed by atoms with Crippen LogP contribution < -0.4 is 5.32 Å². The average Bonchev–Trinajstić information content (AvgIpc) is 2.98. The highest BCUT2D eigenvalue weighted by Crippen LogP contribution is 2.22. The first-order valence-electron chi connectivity index (χ1n) is 6.16. The molecule has 2 aromatic rings. The molecule has 0 fully saturated rings. The van der Waals surface area contributed by atoms with Gasteiger partial charge in [0, 0.05) is 11.1 Å². The first-order valence-corrected chi connectivity index (χ1v) is 7.04. The van der Waals surface area contributed by atoms with Crippen molar-refractivity contribution in [2.45, 2.75) is 19.4 Å². The highest BCUT2D eigenvalue weighted by molar-refractivity contribution is 7.10. The predicted molar refractivity (Wildman–Crippen MR) is 76.0 cm³/mol. The van der Waals surface area contributed by atoms with E-state index >= 15 is 0 Å². The Morgan fingerprint density at radius 3 is 2.80 bits per heavy atom. The summed E-state index contributed by atoms with van der Waals surface area (Å²) in [6.07, 6.45) is 2.13. The second kappa shape index (κ2) is 6.29. The van der Waals surface area contributed by atoms with Gasteiger partial charge in [-0.25, -0.2) is 4.79 Å². The topological polar surface area (TPSA) is 79.3 Å². The molecule has 2 rings (SSSR count). The van der Waals surface area contributed by atoms with Gasteiger partial charge in [0.05, 0.1) is 11.6 Å². The van der Waals surface area contributed by atoms with Crippen molar-refractivity contribution in [3.63, 3.8) is 0 Å². The number of carboxylic acids is 1. The standard InChI is InChI=1S/C14H14N2O3S/c1-2-10(11-6-4-8-20-11)16-13(17)12-9(14(18)19)5-3-7-15-12/h3-8,10H,2H2,1H3,(H,16,17)(H,18,19). The van der Waals surface area contributed by atoms with Gasteiger partial charge in [0.25, 0.3) is 5.91 Å². The molecule has 1 amide bonds. The number of rotatable bonds is 5. The number of carbonyl (C=O) groups excluding carboxylic acids is 1. The highest BCUT2D eigenvalue weighted by atomic mass is 32.1. The van der Waals surface area contributed by atoms with E-state index in [1.54, 1.807) is 11.3 Å². The molecule has 0 saturated heterocycles. The van der Waals surface area contributed by atoms with Crippen molar-refractivity contribution < 1.29 is 14.7 Å². The second-order valence-electron chi connectivity index (χ2n) is 4.15. The largest absolute Gasteiger partial charge is 0.478 e. The Balaban J connectivity index is 2.22. The number of carbonyl (C=O) groups is 2. The Hall–Kier alpha value is -2.21. The number of carboxylic acid groups (broad SMARTS) is 1. The lowest BCUT2D eigenvalue weighted by Gasteiger charge is -2.15. The average molecular weight is 290 g/mol. The van der Waals surface area contributed by atoms with Crippen molar-refractivity contribution in [1.29, 1.82) is 0 Å². The summed E-state index contributed by atoms with van der Waals surface area (Å²) in [6.45, 7) is 1.96.